The van der Waals surface area contributed by atoms with Gasteiger partial charge in [0.25, 0.3) is 0 Å². The summed E-state index contributed by atoms with van der Waals surface area (Å²) in [5.74, 6) is 0.247. The van der Waals surface area contributed by atoms with Crippen LogP contribution in [0.2, 0.25) is 5.02 Å². The quantitative estimate of drug-likeness (QED) is 0.281. The highest BCUT2D eigenvalue weighted by atomic mass is 35.5. The first kappa shape index (κ1) is 29.5. The van der Waals surface area contributed by atoms with Crippen molar-refractivity contribution in [3.8, 4) is 5.75 Å². The number of halogens is 1. The first-order valence-electron chi connectivity index (χ1n) is 13.7. The smallest absolute Gasteiger partial charge is 0.228 e. The summed E-state index contributed by atoms with van der Waals surface area (Å²) in [5, 5.41) is 21.6. The largest absolute Gasteiger partial charge is 0.487 e. The number of carbonyl (C=O) groups is 1. The summed E-state index contributed by atoms with van der Waals surface area (Å²) in [6.45, 7) is 7.40. The highest BCUT2D eigenvalue weighted by Crippen LogP contribution is 2.34. The second kappa shape index (κ2) is 13.7. The molecule has 4 rings (SSSR count). The maximum Gasteiger partial charge on any atom is 0.228 e. The van der Waals surface area contributed by atoms with Crippen LogP contribution in [0.5, 0.6) is 5.75 Å². The molecule has 8 nitrogen and oxygen atoms in total. The third-order valence-electron chi connectivity index (χ3n) is 7.26. The second-order valence-electron chi connectivity index (χ2n) is 10.0. The monoisotopic (exact) mass is 564 g/mol. The molecule has 1 amide bonds. The number of ether oxygens (including phenoxy) is 1. The highest BCUT2D eigenvalue weighted by molar-refractivity contribution is 6.31. The van der Waals surface area contributed by atoms with E-state index in [0.717, 1.165) is 48.9 Å². The van der Waals surface area contributed by atoms with Crippen LogP contribution in [0, 0.1) is 12.8 Å². The number of fused-ring (bicyclic) bond motifs is 1. The van der Waals surface area contributed by atoms with Gasteiger partial charge in [0.05, 0.1) is 23.9 Å². The van der Waals surface area contributed by atoms with Crippen molar-refractivity contribution in [1.29, 1.82) is 0 Å². The van der Waals surface area contributed by atoms with Crippen molar-refractivity contribution >= 4 is 34.1 Å². The average Bonchev–Trinajstić information content (AvgIpc) is 2.97. The summed E-state index contributed by atoms with van der Waals surface area (Å²) in [7, 11) is 0. The Balaban J connectivity index is 1.64. The van der Waals surface area contributed by atoms with Crippen LogP contribution < -0.4 is 9.64 Å². The van der Waals surface area contributed by atoms with Gasteiger partial charge in [0, 0.05) is 47.4 Å². The second-order valence-corrected chi connectivity index (χ2v) is 10.4. The Morgan fingerprint density at radius 1 is 1.27 bits per heavy atom. The minimum atomic E-state index is -1.32. The van der Waals surface area contributed by atoms with Gasteiger partial charge >= 0.3 is 0 Å². The van der Waals surface area contributed by atoms with Gasteiger partial charge in [0.2, 0.25) is 5.91 Å². The molecule has 0 aliphatic heterocycles. The summed E-state index contributed by atoms with van der Waals surface area (Å²) >= 11 is 6.59. The maximum absolute atomic E-state index is 13.4. The molecule has 40 heavy (non-hydrogen) atoms. The molecule has 1 unspecified atom stereocenters. The number of hydrogen-bond donors (Lipinski definition) is 2. The number of carbonyl (C=O) groups excluding carboxylic acids is 1. The molecule has 0 spiro atoms. The predicted octanol–water partition coefficient (Wildman–Crippen LogP) is 5.87. The molecule has 1 atom stereocenters. The predicted molar refractivity (Wildman–Crippen MR) is 158 cm³/mol. The SMILES string of the molecule is C=CN(/C=C\C)c1cc(C)nc2c(OCc3c(Cl)cncc3CN(C(=O)C3CCCCC3)C(O)CO)cccc12. The minimum Gasteiger partial charge on any atom is -0.487 e. The van der Waals surface area contributed by atoms with Crippen molar-refractivity contribution < 1.29 is 19.7 Å². The summed E-state index contributed by atoms with van der Waals surface area (Å²) < 4.78 is 6.30. The third kappa shape index (κ3) is 6.63. The van der Waals surface area contributed by atoms with E-state index in [1.54, 1.807) is 12.4 Å². The summed E-state index contributed by atoms with van der Waals surface area (Å²) in [4.78, 5) is 25.6. The maximum atomic E-state index is 13.4. The fourth-order valence-corrected chi connectivity index (χ4v) is 5.44. The van der Waals surface area contributed by atoms with Crippen LogP contribution in [-0.2, 0) is 17.9 Å². The Hall–Kier alpha value is -3.46. The lowest BCUT2D eigenvalue weighted by molar-refractivity contribution is -0.151. The summed E-state index contributed by atoms with van der Waals surface area (Å²) in [6.07, 6.45) is 12.1. The Kier molecular flexibility index (Phi) is 10.1. The number of aromatic nitrogens is 2. The molecule has 0 saturated heterocycles. The van der Waals surface area contributed by atoms with E-state index >= 15 is 0 Å². The average molecular weight is 565 g/mol. The molecule has 0 radical (unpaired) electrons. The van der Waals surface area contributed by atoms with Crippen molar-refractivity contribution in [2.75, 3.05) is 11.5 Å². The molecule has 212 valence electrons. The van der Waals surface area contributed by atoms with E-state index in [2.05, 4.69) is 11.6 Å². The first-order valence-corrected chi connectivity index (χ1v) is 14.0. The van der Waals surface area contributed by atoms with Crippen LogP contribution in [0.4, 0.5) is 5.69 Å². The van der Waals surface area contributed by atoms with Gasteiger partial charge in [-0.2, -0.15) is 0 Å². The van der Waals surface area contributed by atoms with Crippen LogP contribution in [0.25, 0.3) is 10.9 Å². The molecule has 1 fully saturated rings. The van der Waals surface area contributed by atoms with Gasteiger partial charge in [-0.05, 0) is 44.4 Å². The molecule has 2 aromatic heterocycles. The fourth-order valence-electron chi connectivity index (χ4n) is 5.20. The van der Waals surface area contributed by atoms with Crippen molar-refractivity contribution in [2.24, 2.45) is 5.92 Å². The molecule has 2 N–H and O–H groups in total. The van der Waals surface area contributed by atoms with Crippen molar-refractivity contribution in [3.05, 3.63) is 83.6 Å². The number of hydrogen-bond acceptors (Lipinski definition) is 7. The van der Waals surface area contributed by atoms with E-state index in [0.29, 0.717) is 27.4 Å². The number of anilines is 1. The number of rotatable bonds is 11. The summed E-state index contributed by atoms with van der Waals surface area (Å²) in [6, 6.07) is 7.75. The zero-order valence-corrected chi connectivity index (χ0v) is 23.8. The number of aliphatic hydroxyl groups is 2. The molecule has 9 heteroatoms. The van der Waals surface area contributed by atoms with E-state index in [4.69, 9.17) is 21.3 Å². The summed E-state index contributed by atoms with van der Waals surface area (Å²) in [5.41, 5.74) is 3.74. The van der Waals surface area contributed by atoms with Gasteiger partial charge in [-0.3, -0.25) is 9.78 Å². The van der Waals surface area contributed by atoms with Gasteiger partial charge in [0.1, 0.15) is 17.9 Å². The Bertz CT molecular complexity index is 1370. The van der Waals surface area contributed by atoms with Crippen LogP contribution in [0.15, 0.2) is 61.7 Å². The van der Waals surface area contributed by atoms with Gasteiger partial charge < -0.3 is 24.7 Å². The number of amides is 1. The van der Waals surface area contributed by atoms with E-state index in [9.17, 15) is 15.0 Å². The number of aliphatic hydroxyl groups excluding tert-OH is 2. The van der Waals surface area contributed by atoms with Gasteiger partial charge in [0.15, 0.2) is 6.23 Å². The minimum absolute atomic E-state index is 0.0536. The van der Waals surface area contributed by atoms with Crippen LogP contribution in [-0.4, -0.2) is 43.8 Å². The number of pyridine rings is 2. The lowest BCUT2D eigenvalue weighted by atomic mass is 9.88. The molecule has 1 saturated carbocycles. The number of allylic oxidation sites excluding steroid dienone is 1. The number of aryl methyl sites for hydroxylation is 1. The zero-order chi connectivity index (χ0) is 28.6. The van der Waals surface area contributed by atoms with Crippen molar-refractivity contribution in [3.63, 3.8) is 0 Å². The molecule has 1 aromatic carbocycles. The zero-order valence-electron chi connectivity index (χ0n) is 23.1. The molecule has 3 aromatic rings. The first-order chi connectivity index (χ1) is 19.4. The highest BCUT2D eigenvalue weighted by Gasteiger charge is 2.30. The normalized spacial score (nSPS) is 14.8. The van der Waals surface area contributed by atoms with Crippen LogP contribution >= 0.6 is 11.6 Å². The topological polar surface area (TPSA) is 99.0 Å². The fraction of sp³-hybridized carbons (Fsp3) is 0.387. The van der Waals surface area contributed by atoms with Gasteiger partial charge in [-0.15, -0.1) is 0 Å². The Morgan fingerprint density at radius 2 is 2.05 bits per heavy atom. The molecule has 2 heterocycles. The molecule has 1 aliphatic rings. The van der Waals surface area contributed by atoms with Gasteiger partial charge in [-0.1, -0.05) is 55.7 Å². The van der Waals surface area contributed by atoms with E-state index in [1.807, 2.05) is 55.3 Å². The Labute approximate surface area is 240 Å². The lowest BCUT2D eigenvalue weighted by Crippen LogP contribution is -2.45. The molecule has 0 bridgehead atoms. The molecule has 1 aliphatic carbocycles. The van der Waals surface area contributed by atoms with E-state index in [-0.39, 0.29) is 25.0 Å². The number of para-hydroxylation sites is 1. The van der Waals surface area contributed by atoms with E-state index in [1.165, 1.54) is 11.1 Å². The third-order valence-corrected chi connectivity index (χ3v) is 7.59. The lowest BCUT2D eigenvalue weighted by Gasteiger charge is -2.32. The van der Waals surface area contributed by atoms with Gasteiger partial charge in [-0.25, -0.2) is 4.98 Å². The number of nitrogens with zero attached hydrogens (tertiary/aromatic N) is 4. The van der Waals surface area contributed by atoms with Crippen molar-refractivity contribution in [1.82, 2.24) is 14.9 Å². The van der Waals surface area contributed by atoms with Crippen LogP contribution in [0.3, 0.4) is 0 Å². The van der Waals surface area contributed by atoms with E-state index < -0.39 is 12.8 Å². The number of benzene rings is 1. The Morgan fingerprint density at radius 3 is 2.75 bits per heavy atom. The molecular formula is C31H37ClN4O4. The van der Waals surface area contributed by atoms with Crippen molar-refractivity contribution in [2.45, 2.75) is 65.3 Å². The van der Waals surface area contributed by atoms with Crippen LogP contribution in [0.1, 0.15) is 55.8 Å². The molecular weight excluding hydrogens is 528 g/mol. The standard InChI is InChI=1S/C31H37ClN4O4/c1-4-14-35(5-2)27-15-21(3)34-30-24(27)12-9-13-28(30)40-20-25-23(16-33-17-26(25)32)18-36(29(38)19-37)31(39)22-10-7-6-8-11-22/h4-5,9,12-17,22,29,37-38H,2,6-8,10-11,18-20H2,1,3H3/b14-4-.